The Morgan fingerprint density at radius 2 is 1.96 bits per heavy atom. The Bertz CT molecular complexity index is 675. The molecular formula is C19H27N3O3. The van der Waals surface area contributed by atoms with Crippen molar-refractivity contribution in [3.05, 3.63) is 42.4 Å². The molecule has 0 radical (unpaired) electrons. The molecule has 136 valence electrons. The average molecular weight is 345 g/mol. The van der Waals surface area contributed by atoms with Crippen LogP contribution in [-0.2, 0) is 22.4 Å². The molecule has 0 fully saturated rings. The van der Waals surface area contributed by atoms with Crippen molar-refractivity contribution in [3.8, 4) is 11.3 Å². The number of methoxy groups -OCH3 is 1. The van der Waals surface area contributed by atoms with Gasteiger partial charge in [-0.3, -0.25) is 0 Å². The van der Waals surface area contributed by atoms with Gasteiger partial charge in [-0.2, -0.15) is 0 Å². The molecule has 6 heteroatoms. The number of ether oxygens (including phenoxy) is 2. The summed E-state index contributed by atoms with van der Waals surface area (Å²) in [4.78, 5) is 16.5. The van der Waals surface area contributed by atoms with Gasteiger partial charge in [0, 0.05) is 38.4 Å². The number of carbonyl (C=O) groups excluding carboxylic acids is 1. The van der Waals surface area contributed by atoms with E-state index in [4.69, 9.17) is 14.5 Å². The molecule has 1 N–H and O–H groups in total. The van der Waals surface area contributed by atoms with E-state index >= 15 is 0 Å². The van der Waals surface area contributed by atoms with Crippen LogP contribution >= 0.6 is 0 Å². The van der Waals surface area contributed by atoms with Gasteiger partial charge in [0.05, 0.1) is 12.3 Å². The predicted molar refractivity (Wildman–Crippen MR) is 97.5 cm³/mol. The van der Waals surface area contributed by atoms with E-state index in [1.165, 1.54) is 0 Å². The monoisotopic (exact) mass is 345 g/mol. The molecule has 1 amide bonds. The number of benzene rings is 1. The molecule has 0 aliphatic carbocycles. The van der Waals surface area contributed by atoms with Crippen molar-refractivity contribution in [2.45, 2.75) is 39.3 Å². The molecule has 0 aliphatic heterocycles. The Hall–Kier alpha value is -2.34. The van der Waals surface area contributed by atoms with Crippen LogP contribution in [-0.4, -0.2) is 41.5 Å². The van der Waals surface area contributed by atoms with Crippen molar-refractivity contribution >= 4 is 6.09 Å². The minimum atomic E-state index is -0.499. The lowest BCUT2D eigenvalue weighted by atomic mass is 10.2. The lowest BCUT2D eigenvalue weighted by Gasteiger charge is -2.19. The summed E-state index contributed by atoms with van der Waals surface area (Å²) in [5, 5.41) is 2.77. The largest absolute Gasteiger partial charge is 0.444 e. The molecule has 0 spiro atoms. The van der Waals surface area contributed by atoms with Gasteiger partial charge in [-0.15, -0.1) is 0 Å². The van der Waals surface area contributed by atoms with Crippen molar-refractivity contribution in [1.82, 2.24) is 14.9 Å². The third-order valence-corrected chi connectivity index (χ3v) is 3.48. The first kappa shape index (κ1) is 19.0. The highest BCUT2D eigenvalue weighted by molar-refractivity contribution is 5.67. The molecule has 0 atom stereocenters. The summed E-state index contributed by atoms with van der Waals surface area (Å²) in [6, 6.07) is 10.0. The molecule has 6 nitrogen and oxygen atoms in total. The van der Waals surface area contributed by atoms with Crippen LogP contribution in [0.3, 0.4) is 0 Å². The van der Waals surface area contributed by atoms with Crippen molar-refractivity contribution in [2.75, 3.05) is 20.3 Å². The number of nitrogens with one attached hydrogen (secondary N) is 1. The van der Waals surface area contributed by atoms with Crippen molar-refractivity contribution in [3.63, 3.8) is 0 Å². The maximum atomic E-state index is 11.8. The van der Waals surface area contributed by atoms with E-state index in [1.54, 1.807) is 7.11 Å². The molecule has 1 heterocycles. The van der Waals surface area contributed by atoms with Gasteiger partial charge in [-0.1, -0.05) is 30.3 Å². The normalized spacial score (nSPS) is 11.4. The van der Waals surface area contributed by atoms with Crippen LogP contribution in [0.4, 0.5) is 4.79 Å². The van der Waals surface area contributed by atoms with Crippen LogP contribution in [0.2, 0.25) is 0 Å². The summed E-state index contributed by atoms with van der Waals surface area (Å²) >= 11 is 0. The quantitative estimate of drug-likeness (QED) is 0.836. The summed E-state index contributed by atoms with van der Waals surface area (Å²) in [6.07, 6.45) is 2.23. The van der Waals surface area contributed by atoms with Crippen LogP contribution in [0.1, 0.15) is 26.6 Å². The molecule has 0 saturated carbocycles. The first-order chi connectivity index (χ1) is 11.9. The van der Waals surface area contributed by atoms with E-state index in [0.29, 0.717) is 19.6 Å². The smallest absolute Gasteiger partial charge is 0.407 e. The third kappa shape index (κ3) is 6.23. The predicted octanol–water partition coefficient (Wildman–Crippen LogP) is 3.26. The Balaban J connectivity index is 2.02. The second-order valence-electron chi connectivity index (χ2n) is 6.77. The fourth-order valence-electron chi connectivity index (χ4n) is 2.38. The summed E-state index contributed by atoms with van der Waals surface area (Å²) in [5.41, 5.74) is 1.49. The third-order valence-electron chi connectivity index (χ3n) is 3.48. The Morgan fingerprint density at radius 3 is 2.60 bits per heavy atom. The lowest BCUT2D eigenvalue weighted by Crippen LogP contribution is -2.33. The summed E-state index contributed by atoms with van der Waals surface area (Å²) in [7, 11) is 1.68. The number of alkyl carbamates (subject to hydrolysis) is 1. The lowest BCUT2D eigenvalue weighted by molar-refractivity contribution is 0.0528. The number of imidazole rings is 1. The maximum Gasteiger partial charge on any atom is 0.407 e. The SMILES string of the molecule is COCCn1cc(-c2ccccc2)nc1CCNC(=O)OC(C)(C)C. The highest BCUT2D eigenvalue weighted by atomic mass is 16.6. The van der Waals surface area contributed by atoms with E-state index in [2.05, 4.69) is 9.88 Å². The van der Waals surface area contributed by atoms with Gasteiger partial charge in [0.2, 0.25) is 0 Å². The Labute approximate surface area is 149 Å². The number of hydrogen-bond acceptors (Lipinski definition) is 4. The minimum Gasteiger partial charge on any atom is -0.444 e. The zero-order chi connectivity index (χ0) is 18.3. The molecule has 2 aromatic rings. The first-order valence-corrected chi connectivity index (χ1v) is 8.46. The van der Waals surface area contributed by atoms with Crippen molar-refractivity contribution < 1.29 is 14.3 Å². The number of aromatic nitrogens is 2. The molecule has 1 aromatic heterocycles. The fourth-order valence-corrected chi connectivity index (χ4v) is 2.38. The maximum absolute atomic E-state index is 11.8. The van der Waals surface area contributed by atoms with Gasteiger partial charge < -0.3 is 19.4 Å². The number of rotatable bonds is 7. The highest BCUT2D eigenvalue weighted by Gasteiger charge is 2.16. The van der Waals surface area contributed by atoms with Crippen LogP contribution in [0, 0.1) is 0 Å². The number of hydrogen-bond donors (Lipinski definition) is 1. The fraction of sp³-hybridized carbons (Fsp3) is 0.474. The van der Waals surface area contributed by atoms with Crippen LogP contribution in [0.25, 0.3) is 11.3 Å². The van der Waals surface area contributed by atoms with E-state index in [9.17, 15) is 4.79 Å². The summed E-state index contributed by atoms with van der Waals surface area (Å²) < 4.78 is 12.5. The topological polar surface area (TPSA) is 65.4 Å². The summed E-state index contributed by atoms with van der Waals surface area (Å²) in [5.74, 6) is 0.909. The second kappa shape index (κ2) is 8.67. The van der Waals surface area contributed by atoms with Gasteiger partial charge in [-0.05, 0) is 20.8 Å². The Morgan fingerprint density at radius 1 is 1.24 bits per heavy atom. The number of carbonyl (C=O) groups is 1. The summed E-state index contributed by atoms with van der Waals surface area (Å²) in [6.45, 7) is 7.32. The zero-order valence-electron chi connectivity index (χ0n) is 15.4. The van der Waals surface area contributed by atoms with Gasteiger partial charge in [0.25, 0.3) is 0 Å². The molecule has 0 unspecified atom stereocenters. The van der Waals surface area contributed by atoms with E-state index in [-0.39, 0.29) is 0 Å². The van der Waals surface area contributed by atoms with Gasteiger partial charge in [0.1, 0.15) is 11.4 Å². The van der Waals surface area contributed by atoms with Crippen LogP contribution in [0.5, 0.6) is 0 Å². The van der Waals surface area contributed by atoms with Crippen LogP contribution in [0.15, 0.2) is 36.5 Å². The molecule has 0 aliphatic rings. The van der Waals surface area contributed by atoms with Crippen molar-refractivity contribution in [1.29, 1.82) is 0 Å². The molecule has 1 aromatic carbocycles. The van der Waals surface area contributed by atoms with Gasteiger partial charge >= 0.3 is 6.09 Å². The molecular weight excluding hydrogens is 318 g/mol. The highest BCUT2D eigenvalue weighted by Crippen LogP contribution is 2.18. The van der Waals surface area contributed by atoms with Crippen LogP contribution < -0.4 is 5.32 Å². The zero-order valence-corrected chi connectivity index (χ0v) is 15.4. The van der Waals surface area contributed by atoms with E-state index < -0.39 is 11.7 Å². The molecule has 0 bridgehead atoms. The van der Waals surface area contributed by atoms with E-state index in [0.717, 1.165) is 23.6 Å². The van der Waals surface area contributed by atoms with E-state index in [1.807, 2.05) is 57.3 Å². The van der Waals surface area contributed by atoms with Crippen molar-refractivity contribution in [2.24, 2.45) is 0 Å². The van der Waals surface area contributed by atoms with Gasteiger partial charge in [-0.25, -0.2) is 9.78 Å². The Kier molecular flexibility index (Phi) is 6.58. The second-order valence-corrected chi connectivity index (χ2v) is 6.77. The molecule has 0 saturated heterocycles. The minimum absolute atomic E-state index is 0.411. The first-order valence-electron chi connectivity index (χ1n) is 8.46. The molecule has 25 heavy (non-hydrogen) atoms. The number of nitrogens with zero attached hydrogens (tertiary/aromatic N) is 2. The number of amides is 1. The van der Waals surface area contributed by atoms with Gasteiger partial charge in [0.15, 0.2) is 0 Å². The molecule has 2 rings (SSSR count). The standard InChI is InChI=1S/C19H27N3O3/c1-19(2,3)25-18(23)20-11-10-17-21-16(14-22(17)12-13-24-4)15-8-6-5-7-9-15/h5-9,14H,10-13H2,1-4H3,(H,20,23). The average Bonchev–Trinajstić information content (AvgIpc) is 2.95.